The maximum absolute atomic E-state index is 6.74. The highest BCUT2D eigenvalue weighted by atomic mass is 16.5. The molecular formula is C42H22B2O4. The lowest BCUT2D eigenvalue weighted by atomic mass is 9.34. The number of benzene rings is 8. The third-order valence-electron chi connectivity index (χ3n) is 10.7. The zero-order valence-corrected chi connectivity index (χ0v) is 25.5. The smallest absolute Gasteiger partial charge is 0.260 e. The molecule has 0 atom stereocenters. The van der Waals surface area contributed by atoms with Crippen molar-refractivity contribution < 1.29 is 18.9 Å². The highest BCUT2D eigenvalue weighted by Crippen LogP contribution is 2.42. The normalized spacial score (nSPS) is 14.0. The van der Waals surface area contributed by atoms with E-state index in [0.29, 0.717) is 0 Å². The van der Waals surface area contributed by atoms with Crippen molar-refractivity contribution in [3.8, 4) is 46.0 Å². The Labute approximate surface area is 276 Å². The number of ether oxygens (including phenoxy) is 4. The van der Waals surface area contributed by atoms with E-state index < -0.39 is 0 Å². The molecular weight excluding hydrogens is 590 g/mol. The van der Waals surface area contributed by atoms with Crippen molar-refractivity contribution in [2.75, 3.05) is 0 Å². The summed E-state index contributed by atoms with van der Waals surface area (Å²) in [5, 5.41) is 7.10. The van der Waals surface area contributed by atoms with Gasteiger partial charge in [0, 0.05) is 10.9 Å². The first kappa shape index (κ1) is 25.0. The van der Waals surface area contributed by atoms with Crippen LogP contribution >= 0.6 is 0 Å². The molecule has 0 bridgehead atoms. The van der Waals surface area contributed by atoms with E-state index in [1.54, 1.807) is 0 Å². The Morgan fingerprint density at radius 1 is 0.271 bits per heavy atom. The van der Waals surface area contributed by atoms with E-state index in [-0.39, 0.29) is 13.4 Å². The minimum atomic E-state index is 0.00918. The molecule has 0 aromatic heterocycles. The van der Waals surface area contributed by atoms with Crippen LogP contribution in [0, 0.1) is 0 Å². The van der Waals surface area contributed by atoms with E-state index in [0.717, 1.165) is 89.5 Å². The van der Waals surface area contributed by atoms with Gasteiger partial charge in [0.05, 0.1) is 0 Å². The van der Waals surface area contributed by atoms with E-state index in [1.165, 1.54) is 21.5 Å². The Hall–Kier alpha value is -6.13. The molecule has 4 heterocycles. The van der Waals surface area contributed by atoms with Gasteiger partial charge in [-0.15, -0.1) is 0 Å². The highest BCUT2D eigenvalue weighted by molar-refractivity contribution is 6.99. The van der Waals surface area contributed by atoms with Crippen LogP contribution in [0.3, 0.4) is 0 Å². The molecule has 0 saturated carbocycles. The lowest BCUT2D eigenvalue weighted by molar-refractivity contribution is 0.464. The van der Waals surface area contributed by atoms with Gasteiger partial charge in [-0.2, -0.15) is 0 Å². The summed E-state index contributed by atoms with van der Waals surface area (Å²) in [7, 11) is 0. The molecule has 0 aliphatic carbocycles. The molecule has 4 nitrogen and oxygen atoms in total. The van der Waals surface area contributed by atoms with Crippen molar-refractivity contribution in [2.24, 2.45) is 0 Å². The molecule has 8 aromatic rings. The predicted molar refractivity (Wildman–Crippen MR) is 194 cm³/mol. The molecule has 4 aliphatic rings. The van der Waals surface area contributed by atoms with E-state index >= 15 is 0 Å². The molecule has 8 aromatic carbocycles. The average Bonchev–Trinajstić information content (AvgIpc) is 3.13. The Bertz CT molecular complexity index is 2580. The number of para-hydroxylation sites is 2. The van der Waals surface area contributed by atoms with Crippen LogP contribution < -0.4 is 51.7 Å². The van der Waals surface area contributed by atoms with Crippen molar-refractivity contribution in [3.05, 3.63) is 133 Å². The highest BCUT2D eigenvalue weighted by Gasteiger charge is 2.42. The summed E-state index contributed by atoms with van der Waals surface area (Å²) in [5.41, 5.74) is 6.79. The van der Waals surface area contributed by atoms with Gasteiger partial charge < -0.3 is 18.9 Å². The molecule has 48 heavy (non-hydrogen) atoms. The van der Waals surface area contributed by atoms with Crippen LogP contribution in [0.5, 0.6) is 46.0 Å². The standard InChI is InChI=1S/C42H22B2O4/c1-2-10-24-23(9-1)25-19-31-39(47-37-17-7-15-35-41(37)43(31)29-11-3-5-13-33(29)45-35)21-27(25)28-22-40-32(20-26(24)28)44-30-12-4-6-14-34(30)46-36-16-8-18-38(48-40)42(36)44/h1-22H. The van der Waals surface area contributed by atoms with Crippen LogP contribution in [-0.2, 0) is 0 Å². The van der Waals surface area contributed by atoms with Gasteiger partial charge in [-0.3, -0.25) is 0 Å². The van der Waals surface area contributed by atoms with Crippen molar-refractivity contribution in [1.82, 2.24) is 0 Å². The predicted octanol–water partition coefficient (Wildman–Crippen LogP) is 6.60. The van der Waals surface area contributed by atoms with E-state index in [4.69, 9.17) is 18.9 Å². The van der Waals surface area contributed by atoms with Gasteiger partial charge in [-0.05, 0) is 103 Å². The maximum atomic E-state index is 6.74. The van der Waals surface area contributed by atoms with Gasteiger partial charge in [0.25, 0.3) is 13.4 Å². The van der Waals surface area contributed by atoms with Crippen LogP contribution in [0.2, 0.25) is 0 Å². The van der Waals surface area contributed by atoms with Gasteiger partial charge in [0.2, 0.25) is 0 Å². The van der Waals surface area contributed by atoms with Gasteiger partial charge >= 0.3 is 0 Å². The fourth-order valence-corrected chi connectivity index (χ4v) is 8.69. The topological polar surface area (TPSA) is 36.9 Å². The summed E-state index contributed by atoms with van der Waals surface area (Å²) in [6, 6.07) is 46.9. The van der Waals surface area contributed by atoms with Crippen molar-refractivity contribution in [3.63, 3.8) is 0 Å². The zero-order chi connectivity index (χ0) is 31.1. The molecule has 0 radical (unpaired) electrons. The second-order valence-electron chi connectivity index (χ2n) is 13.1. The monoisotopic (exact) mass is 612 g/mol. The van der Waals surface area contributed by atoms with Crippen molar-refractivity contribution >= 4 is 78.5 Å². The summed E-state index contributed by atoms with van der Waals surface area (Å²) < 4.78 is 26.2. The molecule has 0 spiro atoms. The quantitative estimate of drug-likeness (QED) is 0.143. The molecule has 0 amide bonds. The Kier molecular flexibility index (Phi) is 4.59. The first-order valence-corrected chi connectivity index (χ1v) is 16.4. The van der Waals surface area contributed by atoms with Gasteiger partial charge in [0.1, 0.15) is 46.0 Å². The first-order chi connectivity index (χ1) is 23.8. The van der Waals surface area contributed by atoms with E-state index in [9.17, 15) is 0 Å². The minimum Gasteiger partial charge on any atom is -0.458 e. The first-order valence-electron chi connectivity index (χ1n) is 16.4. The van der Waals surface area contributed by atoms with Crippen LogP contribution in [0.25, 0.3) is 32.3 Å². The molecule has 0 unspecified atom stereocenters. The molecule has 12 rings (SSSR count). The molecule has 0 fully saturated rings. The summed E-state index contributed by atoms with van der Waals surface area (Å²) >= 11 is 0. The van der Waals surface area contributed by atoms with Crippen molar-refractivity contribution in [2.45, 2.75) is 0 Å². The molecule has 4 aliphatic heterocycles. The SMILES string of the molecule is c1ccc2c(c1)Oc1cccc3c1B2c1cc2c4ccccc4c4cc5c(cc4c2cc1O3)Oc1cccc2c1B5c1ccccc1O2. The van der Waals surface area contributed by atoms with Crippen LogP contribution in [0.15, 0.2) is 133 Å². The fourth-order valence-electron chi connectivity index (χ4n) is 8.69. The second-order valence-corrected chi connectivity index (χ2v) is 13.1. The Morgan fingerprint density at radius 2 is 0.625 bits per heavy atom. The second kappa shape index (κ2) is 8.81. The Balaban J connectivity index is 1.16. The summed E-state index contributed by atoms with van der Waals surface area (Å²) in [4.78, 5) is 0. The molecule has 0 N–H and O–H groups in total. The lowest BCUT2D eigenvalue weighted by Crippen LogP contribution is -2.57. The number of fused-ring (bicyclic) bond motifs is 14. The minimum absolute atomic E-state index is 0.00918. The van der Waals surface area contributed by atoms with Crippen LogP contribution in [0.1, 0.15) is 0 Å². The largest absolute Gasteiger partial charge is 0.458 e. The van der Waals surface area contributed by atoms with Crippen molar-refractivity contribution in [1.29, 1.82) is 0 Å². The van der Waals surface area contributed by atoms with Gasteiger partial charge in [-0.25, -0.2) is 0 Å². The Morgan fingerprint density at radius 3 is 1.08 bits per heavy atom. The van der Waals surface area contributed by atoms with E-state index in [1.807, 2.05) is 36.4 Å². The number of rotatable bonds is 0. The fraction of sp³-hybridized carbons (Fsp3) is 0. The maximum Gasteiger partial charge on any atom is 0.260 e. The molecule has 0 saturated heterocycles. The van der Waals surface area contributed by atoms with Crippen LogP contribution in [-0.4, -0.2) is 13.4 Å². The average molecular weight is 612 g/mol. The summed E-state index contributed by atoms with van der Waals surface area (Å²) in [5.74, 6) is 6.93. The van der Waals surface area contributed by atoms with Gasteiger partial charge in [0.15, 0.2) is 0 Å². The number of hydrogen-bond donors (Lipinski definition) is 0. The molecule has 6 heteroatoms. The van der Waals surface area contributed by atoms with Gasteiger partial charge in [-0.1, -0.05) is 84.9 Å². The summed E-state index contributed by atoms with van der Waals surface area (Å²) in [6.07, 6.45) is 0. The summed E-state index contributed by atoms with van der Waals surface area (Å²) in [6.45, 7) is 0.0184. The number of hydrogen-bond acceptors (Lipinski definition) is 4. The lowest BCUT2D eigenvalue weighted by Gasteiger charge is -2.33. The zero-order valence-electron chi connectivity index (χ0n) is 25.5. The van der Waals surface area contributed by atoms with E-state index in [2.05, 4.69) is 97.1 Å². The van der Waals surface area contributed by atoms with Crippen LogP contribution in [0.4, 0.5) is 0 Å². The third-order valence-corrected chi connectivity index (χ3v) is 10.7. The third kappa shape index (κ3) is 3.12. The molecule has 220 valence electrons.